The van der Waals surface area contributed by atoms with Gasteiger partial charge < -0.3 is 5.73 Å². The summed E-state index contributed by atoms with van der Waals surface area (Å²) in [5.74, 6) is -0.336. The maximum atomic E-state index is 6.60. The quantitative estimate of drug-likeness (QED) is 0.192. The van der Waals surface area contributed by atoms with Gasteiger partial charge in [0.25, 0.3) is 0 Å². The van der Waals surface area contributed by atoms with Gasteiger partial charge in [0.15, 0.2) is 11.4 Å². The van der Waals surface area contributed by atoms with Crippen LogP contribution >= 0.6 is 21.7 Å². The molecule has 0 aromatic heterocycles. The van der Waals surface area contributed by atoms with Crippen LogP contribution in [0.25, 0.3) is 0 Å². The first kappa shape index (κ1) is 24.3. The zero-order valence-electron chi connectivity index (χ0n) is 15.0. The molecule has 0 radical (unpaired) electrons. The second kappa shape index (κ2) is 7.87. The molecule has 0 heterocycles. The molecule has 0 saturated carbocycles. The molecular formula is C11H37N9O2S2. The van der Waals surface area contributed by atoms with Crippen LogP contribution in [0.4, 0.5) is 0 Å². The Kier molecular flexibility index (Phi) is 7.96. The van der Waals surface area contributed by atoms with Crippen molar-refractivity contribution in [3.8, 4) is 0 Å². The fourth-order valence-corrected chi connectivity index (χ4v) is 4.20. The SMILES string of the molecule is CCC(CC)C(N)(OS(N)(N)N)C(N)(OS(N)(N)N)C(C)(C)CN. The molecule has 2 atom stereocenters. The lowest BCUT2D eigenvalue weighted by atomic mass is 9.70. The third kappa shape index (κ3) is 5.38. The van der Waals surface area contributed by atoms with Crippen LogP contribution in [-0.2, 0) is 8.37 Å². The van der Waals surface area contributed by atoms with Crippen LogP contribution in [0.15, 0.2) is 0 Å². The maximum Gasteiger partial charge on any atom is 0.183 e. The summed E-state index contributed by atoms with van der Waals surface area (Å²) < 4.78 is 11.4. The molecule has 0 aromatic carbocycles. The highest BCUT2D eigenvalue weighted by Crippen LogP contribution is 2.50. The standard InChI is InChI=1S/C11H37N9O2S2/c1-5-8(6-2)10(13,21-23(15,16)17)11(14,9(3,4)7-12)22-24(18,19)20/h8H,5-7,12-20H2,1-4H3. The van der Waals surface area contributed by atoms with Gasteiger partial charge in [-0.3, -0.25) is 50.7 Å². The molecule has 0 bridgehead atoms. The minimum atomic E-state index is -3.02. The zero-order chi connectivity index (χ0) is 19.6. The Morgan fingerprint density at radius 1 is 0.833 bits per heavy atom. The maximum absolute atomic E-state index is 6.60. The van der Waals surface area contributed by atoms with E-state index in [1.807, 2.05) is 13.8 Å². The van der Waals surface area contributed by atoms with Gasteiger partial charge >= 0.3 is 0 Å². The smallest absolute Gasteiger partial charge is 0.183 e. The van der Waals surface area contributed by atoms with Gasteiger partial charge in [0, 0.05) is 39.6 Å². The summed E-state index contributed by atoms with van der Waals surface area (Å²) in [7, 11) is -6.01. The highest BCUT2D eigenvalue weighted by Gasteiger charge is 2.63. The largest absolute Gasteiger partial charge is 0.330 e. The van der Waals surface area contributed by atoms with E-state index in [1.54, 1.807) is 13.8 Å². The van der Waals surface area contributed by atoms with Crippen LogP contribution in [0.3, 0.4) is 0 Å². The van der Waals surface area contributed by atoms with E-state index >= 15 is 0 Å². The van der Waals surface area contributed by atoms with Gasteiger partial charge in [0.1, 0.15) is 0 Å². The Labute approximate surface area is 148 Å². The van der Waals surface area contributed by atoms with Crippen molar-refractivity contribution in [3.05, 3.63) is 0 Å². The van der Waals surface area contributed by atoms with E-state index in [0.717, 1.165) is 0 Å². The molecule has 0 aliphatic rings. The van der Waals surface area contributed by atoms with E-state index in [4.69, 9.17) is 56.4 Å². The molecule has 24 heavy (non-hydrogen) atoms. The van der Waals surface area contributed by atoms with Crippen LogP contribution in [0.2, 0.25) is 0 Å². The molecule has 13 heteroatoms. The molecule has 0 aromatic rings. The van der Waals surface area contributed by atoms with E-state index < -0.39 is 38.6 Å². The fourth-order valence-electron chi connectivity index (χ4n) is 2.65. The highest BCUT2D eigenvalue weighted by molar-refractivity contribution is 8.24. The van der Waals surface area contributed by atoms with Crippen molar-refractivity contribution in [1.29, 1.82) is 0 Å². The molecule has 0 aliphatic carbocycles. The normalized spacial score (nSPS) is 20.6. The van der Waals surface area contributed by atoms with Crippen LogP contribution in [0.5, 0.6) is 0 Å². The monoisotopic (exact) mass is 391 g/mol. The van der Waals surface area contributed by atoms with Crippen molar-refractivity contribution in [2.24, 2.45) is 59.4 Å². The van der Waals surface area contributed by atoms with Gasteiger partial charge in [-0.25, -0.2) is 0 Å². The first-order valence-electron chi connectivity index (χ1n) is 7.51. The average Bonchev–Trinajstić information content (AvgIpc) is 2.35. The summed E-state index contributed by atoms with van der Waals surface area (Å²) in [5.41, 5.74) is 14.6. The molecule has 0 saturated heterocycles. The van der Waals surface area contributed by atoms with Gasteiger partial charge in [0.2, 0.25) is 0 Å². The number of nitrogens with two attached hydrogens (primary N) is 9. The molecular weight excluding hydrogens is 354 g/mol. The van der Waals surface area contributed by atoms with Crippen molar-refractivity contribution in [1.82, 2.24) is 0 Å². The number of hydrogen-bond donors (Lipinski definition) is 9. The van der Waals surface area contributed by atoms with Crippen LogP contribution < -0.4 is 48.0 Å². The molecule has 0 amide bonds. The molecule has 150 valence electrons. The van der Waals surface area contributed by atoms with E-state index in [9.17, 15) is 0 Å². The van der Waals surface area contributed by atoms with Crippen LogP contribution in [0.1, 0.15) is 40.5 Å². The van der Waals surface area contributed by atoms with Gasteiger partial charge in [0.05, 0.1) is 0 Å². The second-order valence-electron chi connectivity index (χ2n) is 6.69. The summed E-state index contributed by atoms with van der Waals surface area (Å²) in [6, 6.07) is 0. The van der Waals surface area contributed by atoms with E-state index in [1.165, 1.54) is 0 Å². The summed E-state index contributed by atoms with van der Waals surface area (Å²) in [6.45, 7) is 7.34. The van der Waals surface area contributed by atoms with Crippen molar-refractivity contribution >= 4 is 21.7 Å². The van der Waals surface area contributed by atoms with Gasteiger partial charge in [-0.05, 0) is 12.8 Å². The predicted molar refractivity (Wildman–Crippen MR) is 103 cm³/mol. The topological polar surface area (TPSA) is 253 Å². The number of rotatable bonds is 10. The van der Waals surface area contributed by atoms with Gasteiger partial charge in [-0.15, -0.1) is 0 Å². The average molecular weight is 392 g/mol. The minimum Gasteiger partial charge on any atom is -0.330 e. The Hall–Kier alpha value is 0.260. The molecule has 0 fully saturated rings. The number of hydrogen-bond acceptors (Lipinski definition) is 11. The zero-order valence-corrected chi connectivity index (χ0v) is 16.7. The molecule has 18 N–H and O–H groups in total. The Bertz CT molecular complexity index is 411. The minimum absolute atomic E-state index is 0.0729. The summed E-state index contributed by atoms with van der Waals surface area (Å²) in [6.07, 6.45) is 1.15. The third-order valence-corrected chi connectivity index (χ3v) is 5.36. The van der Waals surface area contributed by atoms with Gasteiger partial charge in [-0.1, -0.05) is 27.7 Å². The molecule has 11 nitrogen and oxygen atoms in total. The fraction of sp³-hybridized carbons (Fsp3) is 1.00. The van der Waals surface area contributed by atoms with Crippen molar-refractivity contribution < 1.29 is 8.37 Å². The lowest BCUT2D eigenvalue weighted by Crippen LogP contribution is -2.79. The summed E-state index contributed by atoms with van der Waals surface area (Å²) >= 11 is 0. The first-order valence-corrected chi connectivity index (χ1v) is 11.0. The summed E-state index contributed by atoms with van der Waals surface area (Å²) in [5, 5.41) is 34.3. The lowest BCUT2D eigenvalue weighted by Gasteiger charge is -2.58. The van der Waals surface area contributed by atoms with Gasteiger partial charge in [-0.2, -0.15) is 0 Å². The van der Waals surface area contributed by atoms with Crippen molar-refractivity contribution in [3.63, 3.8) is 0 Å². The predicted octanol–water partition coefficient (Wildman–Crippen LogP) is -1.57. The third-order valence-electron chi connectivity index (χ3n) is 4.25. The highest BCUT2D eigenvalue weighted by atomic mass is 32.3. The van der Waals surface area contributed by atoms with Crippen molar-refractivity contribution in [2.45, 2.75) is 52.0 Å². The van der Waals surface area contributed by atoms with E-state index in [-0.39, 0.29) is 12.5 Å². The first-order chi connectivity index (χ1) is 10.5. The van der Waals surface area contributed by atoms with Crippen LogP contribution in [0, 0.1) is 11.3 Å². The molecule has 0 aliphatic heterocycles. The molecule has 2 unspecified atom stereocenters. The molecule has 0 spiro atoms. The van der Waals surface area contributed by atoms with E-state index in [2.05, 4.69) is 0 Å². The second-order valence-corrected chi connectivity index (χ2v) is 9.81. The van der Waals surface area contributed by atoms with Crippen LogP contribution in [-0.4, -0.2) is 18.0 Å². The summed E-state index contributed by atoms with van der Waals surface area (Å²) in [4.78, 5) is 0. The Balaban J connectivity index is 6.47. The van der Waals surface area contributed by atoms with E-state index in [0.29, 0.717) is 12.8 Å². The lowest BCUT2D eigenvalue weighted by molar-refractivity contribution is -0.188. The van der Waals surface area contributed by atoms with Crippen molar-refractivity contribution in [2.75, 3.05) is 6.54 Å². The molecule has 0 rings (SSSR count). The Morgan fingerprint density at radius 3 is 1.46 bits per heavy atom. The Morgan fingerprint density at radius 2 is 1.21 bits per heavy atom.